The van der Waals surface area contributed by atoms with Crippen LogP contribution in [-0.2, 0) is 11.2 Å². The number of nitrogens with one attached hydrogen (secondary N) is 1. The predicted octanol–water partition coefficient (Wildman–Crippen LogP) is 1.52. The second kappa shape index (κ2) is 8.99. The first kappa shape index (κ1) is 17.1. The molecular formula is C16H23N5O2. The highest BCUT2D eigenvalue weighted by Crippen LogP contribution is 2.14. The van der Waals surface area contributed by atoms with Gasteiger partial charge in [0.25, 0.3) is 0 Å². The van der Waals surface area contributed by atoms with E-state index >= 15 is 0 Å². The first-order valence-corrected chi connectivity index (χ1v) is 7.95. The standard InChI is InChI=1S/C16H23N5O2/c1-3-21(4-2)12-11-18-14(22)5-6-15-19-16(20-23-15)13-7-9-17-10-8-13/h7-10H,3-6,11-12H2,1-2H3,(H,18,22). The van der Waals surface area contributed by atoms with Crippen LogP contribution in [0.4, 0.5) is 0 Å². The number of rotatable bonds is 9. The van der Waals surface area contributed by atoms with Crippen molar-refractivity contribution in [1.82, 2.24) is 25.3 Å². The van der Waals surface area contributed by atoms with E-state index in [0.29, 0.717) is 31.1 Å². The summed E-state index contributed by atoms with van der Waals surface area (Å²) in [5, 5.41) is 6.83. The van der Waals surface area contributed by atoms with Gasteiger partial charge in [0.2, 0.25) is 17.6 Å². The van der Waals surface area contributed by atoms with Gasteiger partial charge < -0.3 is 14.7 Å². The summed E-state index contributed by atoms with van der Waals surface area (Å²) in [6.45, 7) is 7.74. The Morgan fingerprint density at radius 3 is 2.70 bits per heavy atom. The van der Waals surface area contributed by atoms with Crippen molar-refractivity contribution in [2.45, 2.75) is 26.7 Å². The van der Waals surface area contributed by atoms with Gasteiger partial charge >= 0.3 is 0 Å². The van der Waals surface area contributed by atoms with E-state index in [2.05, 4.69) is 39.2 Å². The largest absolute Gasteiger partial charge is 0.355 e. The van der Waals surface area contributed by atoms with Gasteiger partial charge in [-0.15, -0.1) is 0 Å². The molecule has 0 aliphatic heterocycles. The van der Waals surface area contributed by atoms with Crippen molar-refractivity contribution in [3.63, 3.8) is 0 Å². The van der Waals surface area contributed by atoms with E-state index in [4.69, 9.17) is 4.52 Å². The third-order valence-corrected chi connectivity index (χ3v) is 3.62. The van der Waals surface area contributed by atoms with Crippen molar-refractivity contribution in [2.24, 2.45) is 0 Å². The maximum absolute atomic E-state index is 11.8. The average molecular weight is 317 g/mol. The van der Waals surface area contributed by atoms with Crippen LogP contribution in [-0.4, -0.2) is 52.1 Å². The molecule has 2 aromatic rings. The molecule has 23 heavy (non-hydrogen) atoms. The van der Waals surface area contributed by atoms with Gasteiger partial charge in [0.15, 0.2) is 0 Å². The molecule has 0 unspecified atom stereocenters. The number of nitrogens with zero attached hydrogens (tertiary/aromatic N) is 4. The van der Waals surface area contributed by atoms with Crippen molar-refractivity contribution in [1.29, 1.82) is 0 Å². The normalized spacial score (nSPS) is 10.9. The van der Waals surface area contributed by atoms with Crippen molar-refractivity contribution >= 4 is 5.91 Å². The number of hydrogen-bond donors (Lipinski definition) is 1. The lowest BCUT2D eigenvalue weighted by Gasteiger charge is -2.17. The highest BCUT2D eigenvalue weighted by atomic mass is 16.5. The number of pyridine rings is 1. The zero-order chi connectivity index (χ0) is 16.5. The molecule has 0 aliphatic rings. The Hall–Kier alpha value is -2.28. The molecule has 0 atom stereocenters. The summed E-state index contributed by atoms with van der Waals surface area (Å²) in [6, 6.07) is 3.63. The van der Waals surface area contributed by atoms with Crippen LogP contribution in [0.2, 0.25) is 0 Å². The summed E-state index contributed by atoms with van der Waals surface area (Å²) in [7, 11) is 0. The van der Waals surface area contributed by atoms with Crippen LogP contribution in [0.25, 0.3) is 11.4 Å². The summed E-state index contributed by atoms with van der Waals surface area (Å²) in [6.07, 6.45) is 4.13. The smallest absolute Gasteiger partial charge is 0.227 e. The maximum Gasteiger partial charge on any atom is 0.227 e. The molecule has 0 aromatic carbocycles. The van der Waals surface area contributed by atoms with Gasteiger partial charge in [0.1, 0.15) is 0 Å². The number of carbonyl (C=O) groups is 1. The maximum atomic E-state index is 11.8. The van der Waals surface area contributed by atoms with E-state index < -0.39 is 0 Å². The molecule has 0 fully saturated rings. The number of carbonyl (C=O) groups excluding carboxylic acids is 1. The average Bonchev–Trinajstić information content (AvgIpc) is 3.07. The van der Waals surface area contributed by atoms with Gasteiger partial charge in [-0.1, -0.05) is 19.0 Å². The quantitative estimate of drug-likeness (QED) is 0.755. The minimum atomic E-state index is 0.000757. The molecule has 0 spiro atoms. The van der Waals surface area contributed by atoms with E-state index in [1.165, 1.54) is 0 Å². The molecular weight excluding hydrogens is 294 g/mol. The van der Waals surface area contributed by atoms with Crippen LogP contribution in [0.15, 0.2) is 29.0 Å². The lowest BCUT2D eigenvalue weighted by Crippen LogP contribution is -2.34. The second-order valence-corrected chi connectivity index (χ2v) is 5.12. The molecule has 7 heteroatoms. The number of amides is 1. The van der Waals surface area contributed by atoms with E-state index in [1.54, 1.807) is 12.4 Å². The SMILES string of the molecule is CCN(CC)CCNC(=O)CCc1nc(-c2ccncc2)no1. The zero-order valence-corrected chi connectivity index (χ0v) is 13.7. The fourth-order valence-electron chi connectivity index (χ4n) is 2.18. The van der Waals surface area contributed by atoms with Crippen LogP contribution in [0.3, 0.4) is 0 Å². The number of aromatic nitrogens is 3. The molecule has 124 valence electrons. The summed E-state index contributed by atoms with van der Waals surface area (Å²) in [5.74, 6) is 0.987. The lowest BCUT2D eigenvalue weighted by molar-refractivity contribution is -0.121. The summed E-state index contributed by atoms with van der Waals surface area (Å²) in [4.78, 5) is 22.3. The number of likely N-dealkylation sites (N-methyl/N-ethyl adjacent to an activating group) is 1. The Labute approximate surface area is 136 Å². The third-order valence-electron chi connectivity index (χ3n) is 3.62. The van der Waals surface area contributed by atoms with E-state index in [1.807, 2.05) is 12.1 Å². The zero-order valence-electron chi connectivity index (χ0n) is 13.7. The van der Waals surface area contributed by atoms with E-state index in [0.717, 1.165) is 25.2 Å². The fraction of sp³-hybridized carbons (Fsp3) is 0.500. The third kappa shape index (κ3) is 5.45. The topological polar surface area (TPSA) is 84.2 Å². The van der Waals surface area contributed by atoms with Gasteiger partial charge in [-0.3, -0.25) is 9.78 Å². The van der Waals surface area contributed by atoms with Crippen LogP contribution in [0.1, 0.15) is 26.2 Å². The van der Waals surface area contributed by atoms with Crippen LogP contribution >= 0.6 is 0 Å². The first-order chi connectivity index (χ1) is 11.2. The molecule has 0 radical (unpaired) electrons. The Kier molecular flexibility index (Phi) is 6.68. The summed E-state index contributed by atoms with van der Waals surface area (Å²) >= 11 is 0. The first-order valence-electron chi connectivity index (χ1n) is 7.95. The summed E-state index contributed by atoms with van der Waals surface area (Å²) < 4.78 is 5.18. The fourth-order valence-corrected chi connectivity index (χ4v) is 2.18. The van der Waals surface area contributed by atoms with Crippen molar-refractivity contribution < 1.29 is 9.32 Å². The molecule has 1 N–H and O–H groups in total. The van der Waals surface area contributed by atoms with Crippen molar-refractivity contribution in [2.75, 3.05) is 26.2 Å². The van der Waals surface area contributed by atoms with Crippen LogP contribution < -0.4 is 5.32 Å². The molecule has 2 heterocycles. The van der Waals surface area contributed by atoms with Gasteiger partial charge in [-0.25, -0.2) is 0 Å². The monoisotopic (exact) mass is 317 g/mol. The Morgan fingerprint density at radius 2 is 2.00 bits per heavy atom. The Bertz CT molecular complexity index is 596. The molecule has 0 saturated carbocycles. The summed E-state index contributed by atoms with van der Waals surface area (Å²) in [5.41, 5.74) is 0.846. The highest BCUT2D eigenvalue weighted by molar-refractivity contribution is 5.76. The molecule has 7 nitrogen and oxygen atoms in total. The van der Waals surface area contributed by atoms with Crippen molar-refractivity contribution in [3.8, 4) is 11.4 Å². The lowest BCUT2D eigenvalue weighted by atomic mass is 10.2. The minimum Gasteiger partial charge on any atom is -0.355 e. The highest BCUT2D eigenvalue weighted by Gasteiger charge is 2.10. The molecule has 2 rings (SSSR count). The molecule has 1 amide bonds. The van der Waals surface area contributed by atoms with Gasteiger partial charge in [-0.2, -0.15) is 4.98 Å². The van der Waals surface area contributed by atoms with Gasteiger partial charge in [0.05, 0.1) is 0 Å². The van der Waals surface area contributed by atoms with Crippen LogP contribution in [0.5, 0.6) is 0 Å². The molecule has 0 saturated heterocycles. The molecule has 0 aliphatic carbocycles. The molecule has 0 bridgehead atoms. The predicted molar refractivity (Wildman–Crippen MR) is 86.6 cm³/mol. The van der Waals surface area contributed by atoms with Crippen molar-refractivity contribution in [3.05, 3.63) is 30.4 Å². The number of hydrogen-bond acceptors (Lipinski definition) is 6. The molecule has 2 aromatic heterocycles. The van der Waals surface area contributed by atoms with Gasteiger partial charge in [-0.05, 0) is 25.2 Å². The second-order valence-electron chi connectivity index (χ2n) is 5.12. The van der Waals surface area contributed by atoms with E-state index in [9.17, 15) is 4.79 Å². The van der Waals surface area contributed by atoms with Gasteiger partial charge in [0, 0.05) is 43.9 Å². The Morgan fingerprint density at radius 1 is 1.26 bits per heavy atom. The minimum absolute atomic E-state index is 0.000757. The Balaban J connectivity index is 1.74. The van der Waals surface area contributed by atoms with E-state index in [-0.39, 0.29) is 5.91 Å². The van der Waals surface area contributed by atoms with Crippen LogP contribution in [0, 0.1) is 0 Å². The number of aryl methyl sites for hydroxylation is 1.